The third-order valence-electron chi connectivity index (χ3n) is 2.65. The number of ether oxygens (including phenoxy) is 1. The van der Waals surface area contributed by atoms with Crippen molar-refractivity contribution in [2.24, 2.45) is 7.05 Å². The van der Waals surface area contributed by atoms with E-state index in [9.17, 15) is 4.79 Å². The molecule has 1 heterocycles. The van der Waals surface area contributed by atoms with Gasteiger partial charge in [0, 0.05) is 24.3 Å². The van der Waals surface area contributed by atoms with Gasteiger partial charge in [-0.1, -0.05) is 11.6 Å². The van der Waals surface area contributed by atoms with E-state index in [1.54, 1.807) is 42.1 Å². The minimum Gasteiger partial charge on any atom is -0.484 e. The molecule has 0 saturated carbocycles. The standard InChI is InChI=1S/C14H11ClN2O2/c1-17-6-2-3-12(17)13(18)9-19-14-7-11(15)5-4-10(14)8-16/h2-7H,9H2,1H3. The zero-order valence-electron chi connectivity index (χ0n) is 10.3. The summed E-state index contributed by atoms with van der Waals surface area (Å²) in [6.07, 6.45) is 1.79. The van der Waals surface area contributed by atoms with Crippen molar-refractivity contribution in [3.8, 4) is 11.8 Å². The normalized spacial score (nSPS) is 9.95. The number of Topliss-reactive ketones (excluding diaryl/α,β-unsaturated/α-hetero) is 1. The van der Waals surface area contributed by atoms with Crippen molar-refractivity contribution in [2.45, 2.75) is 0 Å². The van der Waals surface area contributed by atoms with Crippen molar-refractivity contribution in [2.75, 3.05) is 6.61 Å². The molecule has 0 bridgehead atoms. The van der Waals surface area contributed by atoms with Crippen LogP contribution in [0.2, 0.25) is 5.02 Å². The number of hydrogen-bond acceptors (Lipinski definition) is 3. The fourth-order valence-corrected chi connectivity index (χ4v) is 1.84. The highest BCUT2D eigenvalue weighted by Crippen LogP contribution is 2.22. The zero-order chi connectivity index (χ0) is 13.8. The maximum Gasteiger partial charge on any atom is 0.216 e. The fraction of sp³-hybridized carbons (Fsp3) is 0.143. The van der Waals surface area contributed by atoms with Crippen molar-refractivity contribution in [1.82, 2.24) is 4.57 Å². The maximum atomic E-state index is 11.9. The van der Waals surface area contributed by atoms with Crippen LogP contribution in [0.15, 0.2) is 36.5 Å². The lowest BCUT2D eigenvalue weighted by molar-refractivity contribution is 0.0913. The Hall–Kier alpha value is -2.25. The SMILES string of the molecule is Cn1cccc1C(=O)COc1cc(Cl)ccc1C#N. The minimum atomic E-state index is -0.156. The summed E-state index contributed by atoms with van der Waals surface area (Å²) < 4.78 is 7.10. The molecule has 0 aliphatic carbocycles. The largest absolute Gasteiger partial charge is 0.484 e. The van der Waals surface area contributed by atoms with Crippen LogP contribution in [0.4, 0.5) is 0 Å². The Morgan fingerprint density at radius 2 is 2.26 bits per heavy atom. The lowest BCUT2D eigenvalue weighted by Crippen LogP contribution is -2.15. The van der Waals surface area contributed by atoms with Crippen LogP contribution >= 0.6 is 11.6 Å². The summed E-state index contributed by atoms with van der Waals surface area (Å²) in [7, 11) is 1.79. The predicted molar refractivity (Wildman–Crippen MR) is 71.4 cm³/mol. The van der Waals surface area contributed by atoms with Gasteiger partial charge in [0.1, 0.15) is 11.8 Å². The first-order valence-corrected chi connectivity index (χ1v) is 5.96. The molecule has 0 unspecified atom stereocenters. The average Bonchev–Trinajstić information content (AvgIpc) is 2.82. The number of aromatic nitrogens is 1. The molecule has 0 fully saturated rings. The van der Waals surface area contributed by atoms with Crippen LogP contribution < -0.4 is 4.74 Å². The van der Waals surface area contributed by atoms with E-state index in [2.05, 4.69) is 0 Å². The number of carbonyl (C=O) groups excluding carboxylic acids is 1. The first-order valence-electron chi connectivity index (χ1n) is 5.59. The molecule has 0 aliphatic heterocycles. The number of rotatable bonds is 4. The van der Waals surface area contributed by atoms with Gasteiger partial charge in [0.2, 0.25) is 5.78 Å². The van der Waals surface area contributed by atoms with Gasteiger partial charge < -0.3 is 9.30 Å². The molecular weight excluding hydrogens is 264 g/mol. The van der Waals surface area contributed by atoms with Gasteiger partial charge in [0.05, 0.1) is 11.3 Å². The van der Waals surface area contributed by atoms with Crippen molar-refractivity contribution in [3.05, 3.63) is 52.8 Å². The maximum absolute atomic E-state index is 11.9. The Kier molecular flexibility index (Phi) is 3.88. The van der Waals surface area contributed by atoms with E-state index in [0.29, 0.717) is 22.0 Å². The second-order valence-corrected chi connectivity index (χ2v) is 4.40. The molecule has 0 atom stereocenters. The molecule has 0 radical (unpaired) electrons. The van der Waals surface area contributed by atoms with E-state index in [1.807, 2.05) is 6.07 Å². The smallest absolute Gasteiger partial charge is 0.216 e. The van der Waals surface area contributed by atoms with Gasteiger partial charge in [0.15, 0.2) is 6.61 Å². The number of halogens is 1. The predicted octanol–water partition coefficient (Wildman–Crippen LogP) is 2.81. The lowest BCUT2D eigenvalue weighted by Gasteiger charge is -2.08. The second-order valence-electron chi connectivity index (χ2n) is 3.97. The monoisotopic (exact) mass is 274 g/mol. The molecule has 0 aliphatic rings. The number of hydrogen-bond donors (Lipinski definition) is 0. The topological polar surface area (TPSA) is 55.0 Å². The third kappa shape index (κ3) is 2.95. The minimum absolute atomic E-state index is 0.132. The summed E-state index contributed by atoms with van der Waals surface area (Å²) in [5.41, 5.74) is 0.907. The number of nitrogens with zero attached hydrogens (tertiary/aromatic N) is 2. The van der Waals surface area contributed by atoms with Crippen molar-refractivity contribution in [3.63, 3.8) is 0 Å². The molecule has 5 heteroatoms. The summed E-state index contributed by atoms with van der Waals surface area (Å²) in [6, 6.07) is 10.2. The molecule has 0 amide bonds. The Labute approximate surface area is 115 Å². The van der Waals surface area contributed by atoms with E-state index in [4.69, 9.17) is 21.6 Å². The molecule has 0 N–H and O–H groups in total. The Balaban J connectivity index is 2.11. The van der Waals surface area contributed by atoms with Crippen LogP contribution in [0.1, 0.15) is 16.1 Å². The average molecular weight is 275 g/mol. The van der Waals surface area contributed by atoms with Gasteiger partial charge in [-0.3, -0.25) is 4.79 Å². The molecule has 2 aromatic rings. The van der Waals surface area contributed by atoms with Crippen molar-refractivity contribution >= 4 is 17.4 Å². The van der Waals surface area contributed by atoms with E-state index >= 15 is 0 Å². The molecule has 0 spiro atoms. The highest BCUT2D eigenvalue weighted by Gasteiger charge is 2.11. The molecule has 19 heavy (non-hydrogen) atoms. The van der Waals surface area contributed by atoms with E-state index < -0.39 is 0 Å². The number of aryl methyl sites for hydroxylation is 1. The highest BCUT2D eigenvalue weighted by atomic mass is 35.5. The van der Waals surface area contributed by atoms with Gasteiger partial charge in [-0.2, -0.15) is 5.26 Å². The van der Waals surface area contributed by atoms with E-state index in [1.165, 1.54) is 6.07 Å². The molecule has 2 rings (SSSR count). The lowest BCUT2D eigenvalue weighted by atomic mass is 10.2. The molecule has 4 nitrogen and oxygen atoms in total. The fourth-order valence-electron chi connectivity index (χ4n) is 1.68. The van der Waals surface area contributed by atoms with Gasteiger partial charge in [-0.15, -0.1) is 0 Å². The third-order valence-corrected chi connectivity index (χ3v) is 2.89. The Bertz CT molecular complexity index is 656. The van der Waals surface area contributed by atoms with Gasteiger partial charge >= 0.3 is 0 Å². The quantitative estimate of drug-likeness (QED) is 0.806. The van der Waals surface area contributed by atoms with Crippen LogP contribution in [0, 0.1) is 11.3 Å². The molecule has 0 saturated heterocycles. The summed E-state index contributed by atoms with van der Waals surface area (Å²) >= 11 is 5.84. The molecule has 96 valence electrons. The van der Waals surface area contributed by atoms with Crippen LogP contribution in [0.25, 0.3) is 0 Å². The first kappa shape index (κ1) is 13.2. The zero-order valence-corrected chi connectivity index (χ0v) is 11.0. The second kappa shape index (κ2) is 5.59. The number of carbonyl (C=O) groups is 1. The van der Waals surface area contributed by atoms with Gasteiger partial charge in [-0.05, 0) is 24.3 Å². The molecular formula is C14H11ClN2O2. The highest BCUT2D eigenvalue weighted by molar-refractivity contribution is 6.30. The number of ketones is 1. The Morgan fingerprint density at radius 3 is 2.89 bits per heavy atom. The molecule has 1 aromatic heterocycles. The van der Waals surface area contributed by atoms with Gasteiger partial charge in [-0.25, -0.2) is 0 Å². The van der Waals surface area contributed by atoms with Crippen LogP contribution in [-0.4, -0.2) is 17.0 Å². The van der Waals surface area contributed by atoms with Crippen LogP contribution in [0.5, 0.6) is 5.75 Å². The van der Waals surface area contributed by atoms with Crippen LogP contribution in [-0.2, 0) is 7.05 Å². The van der Waals surface area contributed by atoms with E-state index in [0.717, 1.165) is 0 Å². The Morgan fingerprint density at radius 1 is 1.47 bits per heavy atom. The summed E-state index contributed by atoms with van der Waals surface area (Å²) in [4.78, 5) is 11.9. The summed E-state index contributed by atoms with van der Waals surface area (Å²) in [5.74, 6) is 0.161. The van der Waals surface area contributed by atoms with Crippen molar-refractivity contribution in [1.29, 1.82) is 5.26 Å². The number of nitriles is 1. The summed E-state index contributed by atoms with van der Waals surface area (Å²) in [6.45, 7) is -0.132. The van der Waals surface area contributed by atoms with E-state index in [-0.39, 0.29) is 12.4 Å². The number of benzene rings is 1. The van der Waals surface area contributed by atoms with Crippen LogP contribution in [0.3, 0.4) is 0 Å². The van der Waals surface area contributed by atoms with Crippen molar-refractivity contribution < 1.29 is 9.53 Å². The van der Waals surface area contributed by atoms with Gasteiger partial charge in [0.25, 0.3) is 0 Å². The summed E-state index contributed by atoms with van der Waals surface area (Å²) in [5, 5.41) is 9.40. The molecule has 1 aromatic carbocycles. The first-order chi connectivity index (χ1) is 9.11.